The van der Waals surface area contributed by atoms with E-state index in [0.717, 1.165) is 18.6 Å². The lowest BCUT2D eigenvalue weighted by Gasteiger charge is -2.36. The molecule has 3 atom stereocenters. The maximum absolute atomic E-state index is 13.9. The highest BCUT2D eigenvalue weighted by Gasteiger charge is 2.41. The number of ketones is 1. The molecule has 0 spiro atoms. The van der Waals surface area contributed by atoms with Gasteiger partial charge in [-0.3, -0.25) is 4.79 Å². The number of phenolic OH excluding ortho intramolecular Hbond substituents is 1. The lowest BCUT2D eigenvalue weighted by Crippen LogP contribution is -2.52. The quantitative estimate of drug-likeness (QED) is 0.679. The molecule has 1 aromatic heterocycles. The molecule has 172 valence electrons. The van der Waals surface area contributed by atoms with Crippen LogP contribution in [0.25, 0.3) is 11.3 Å². The van der Waals surface area contributed by atoms with Crippen LogP contribution >= 0.6 is 0 Å². The van der Waals surface area contributed by atoms with Crippen LogP contribution in [0.3, 0.4) is 0 Å². The van der Waals surface area contributed by atoms with E-state index in [1.165, 1.54) is 6.92 Å². The van der Waals surface area contributed by atoms with E-state index in [1.54, 1.807) is 0 Å². The summed E-state index contributed by atoms with van der Waals surface area (Å²) in [6.07, 6.45) is -6.36. The van der Waals surface area contributed by atoms with E-state index in [-0.39, 0.29) is 40.9 Å². The van der Waals surface area contributed by atoms with Gasteiger partial charge < -0.3 is 15.3 Å². The number of benzene rings is 1. The number of carbonyl (C=O) groups is 1. The maximum Gasteiger partial charge on any atom is 0.416 e. The van der Waals surface area contributed by atoms with E-state index in [9.17, 15) is 31.9 Å². The molecule has 2 aromatic rings. The number of carbonyl (C=O) groups excluding carboxylic acids is 1. The number of nitrogens with zero attached hydrogens (tertiary/aromatic N) is 3. The highest BCUT2D eigenvalue weighted by molar-refractivity contribution is 5.79. The number of nitrogens with one attached hydrogen (secondary N) is 1. The Balaban J connectivity index is 1.68. The lowest BCUT2D eigenvalue weighted by atomic mass is 9.88. The Morgan fingerprint density at radius 1 is 1.25 bits per heavy atom. The average molecular weight is 456 g/mol. The summed E-state index contributed by atoms with van der Waals surface area (Å²) in [4.78, 5) is 13.6. The van der Waals surface area contributed by atoms with Crippen LogP contribution in [0.4, 0.5) is 27.8 Å². The van der Waals surface area contributed by atoms with Gasteiger partial charge >= 0.3 is 6.18 Å². The fourth-order valence-electron chi connectivity index (χ4n) is 4.47. The summed E-state index contributed by atoms with van der Waals surface area (Å²) in [6, 6.07) is 3.22. The third-order valence-electron chi connectivity index (χ3n) is 6.19. The molecule has 0 radical (unpaired) electrons. The zero-order valence-electron chi connectivity index (χ0n) is 17.0. The number of piperidine rings is 1. The second-order valence-corrected chi connectivity index (χ2v) is 8.14. The van der Waals surface area contributed by atoms with Gasteiger partial charge in [-0.1, -0.05) is 0 Å². The standard InChI is InChI=1S/C21H21F5N4O2/c1-10(31)11-6-16-15(27-9-11)4-5-30(16)18-8-14(20(22)23)19(29-28-18)13-3-2-12(7-17(13)32)21(24,25)26/h2-3,7-8,11,15-16,20,27,32H,4-6,9H2,1H3/t11?,15-,16-/m0/s1. The molecule has 0 aliphatic carbocycles. The van der Waals surface area contributed by atoms with Gasteiger partial charge in [0.2, 0.25) is 0 Å². The smallest absolute Gasteiger partial charge is 0.416 e. The van der Waals surface area contributed by atoms with E-state index in [2.05, 4.69) is 15.5 Å². The summed E-state index contributed by atoms with van der Waals surface area (Å²) >= 11 is 0. The van der Waals surface area contributed by atoms with Gasteiger partial charge in [0.15, 0.2) is 5.82 Å². The molecular weight excluding hydrogens is 435 g/mol. The molecule has 32 heavy (non-hydrogen) atoms. The number of fused-ring (bicyclic) bond motifs is 1. The summed E-state index contributed by atoms with van der Waals surface area (Å²) in [6.45, 7) is 2.63. The number of halogens is 5. The van der Waals surface area contributed by atoms with Crippen molar-refractivity contribution in [3.8, 4) is 17.0 Å². The zero-order chi connectivity index (χ0) is 23.2. The van der Waals surface area contributed by atoms with Crippen LogP contribution in [-0.2, 0) is 11.0 Å². The van der Waals surface area contributed by atoms with Crippen molar-refractivity contribution in [1.29, 1.82) is 0 Å². The summed E-state index contributed by atoms with van der Waals surface area (Å²) < 4.78 is 66.3. The van der Waals surface area contributed by atoms with Crippen LogP contribution in [-0.4, -0.2) is 46.3 Å². The molecule has 0 bridgehead atoms. The zero-order valence-corrected chi connectivity index (χ0v) is 17.0. The van der Waals surface area contributed by atoms with Gasteiger partial charge in [-0.2, -0.15) is 13.2 Å². The number of rotatable bonds is 4. The number of Topliss-reactive ketones (excluding diaryl/α,β-unsaturated/α-hetero) is 1. The van der Waals surface area contributed by atoms with Crippen LogP contribution in [0.5, 0.6) is 5.75 Å². The Bertz CT molecular complexity index is 1030. The first-order valence-corrected chi connectivity index (χ1v) is 10.1. The minimum atomic E-state index is -4.69. The maximum atomic E-state index is 13.9. The number of aromatic hydroxyl groups is 1. The van der Waals surface area contributed by atoms with Crippen LogP contribution < -0.4 is 10.2 Å². The molecule has 0 saturated carbocycles. The molecule has 3 heterocycles. The van der Waals surface area contributed by atoms with Gasteiger partial charge in [0.1, 0.15) is 17.2 Å². The first kappa shape index (κ1) is 22.4. The lowest BCUT2D eigenvalue weighted by molar-refractivity contribution is -0.137. The minimum Gasteiger partial charge on any atom is -0.507 e. The number of alkyl halides is 5. The first-order chi connectivity index (χ1) is 15.1. The molecule has 2 saturated heterocycles. The monoisotopic (exact) mass is 456 g/mol. The van der Waals surface area contributed by atoms with Crippen molar-refractivity contribution in [3.63, 3.8) is 0 Å². The van der Waals surface area contributed by atoms with Gasteiger partial charge in [-0.05, 0) is 44.0 Å². The number of hydrogen-bond acceptors (Lipinski definition) is 6. The van der Waals surface area contributed by atoms with Gasteiger partial charge in [0.05, 0.1) is 5.56 Å². The predicted molar refractivity (Wildman–Crippen MR) is 105 cm³/mol. The van der Waals surface area contributed by atoms with Gasteiger partial charge in [-0.25, -0.2) is 8.78 Å². The molecule has 0 amide bonds. The molecule has 1 unspecified atom stereocenters. The Labute approximate surface area is 180 Å². The van der Waals surface area contributed by atoms with Crippen LogP contribution in [0.1, 0.15) is 37.3 Å². The van der Waals surface area contributed by atoms with Gasteiger partial charge in [0.25, 0.3) is 6.43 Å². The van der Waals surface area contributed by atoms with Crippen LogP contribution in [0.15, 0.2) is 24.3 Å². The highest BCUT2D eigenvalue weighted by Crippen LogP contribution is 2.40. The molecule has 2 N–H and O–H groups in total. The molecule has 11 heteroatoms. The van der Waals surface area contributed by atoms with Crippen molar-refractivity contribution in [3.05, 3.63) is 35.4 Å². The van der Waals surface area contributed by atoms with Crippen LogP contribution in [0.2, 0.25) is 0 Å². The summed E-state index contributed by atoms with van der Waals surface area (Å²) in [5, 5.41) is 21.3. The highest BCUT2D eigenvalue weighted by atomic mass is 19.4. The third-order valence-corrected chi connectivity index (χ3v) is 6.19. The van der Waals surface area contributed by atoms with E-state index in [1.807, 2.05) is 4.90 Å². The fourth-order valence-corrected chi connectivity index (χ4v) is 4.47. The summed E-state index contributed by atoms with van der Waals surface area (Å²) in [5.41, 5.74) is -2.29. The number of aromatic nitrogens is 2. The van der Waals surface area contributed by atoms with E-state index in [0.29, 0.717) is 31.6 Å². The van der Waals surface area contributed by atoms with E-state index >= 15 is 0 Å². The Kier molecular flexibility index (Phi) is 5.78. The minimum absolute atomic E-state index is 0.0512. The van der Waals surface area contributed by atoms with E-state index < -0.39 is 29.5 Å². The number of hydrogen-bond donors (Lipinski definition) is 2. The Morgan fingerprint density at radius 3 is 2.62 bits per heavy atom. The van der Waals surface area contributed by atoms with Crippen molar-refractivity contribution in [2.24, 2.45) is 5.92 Å². The predicted octanol–water partition coefficient (Wildman–Crippen LogP) is 3.95. The fraction of sp³-hybridized carbons (Fsp3) is 0.476. The molecule has 6 nitrogen and oxygen atoms in total. The SMILES string of the molecule is CC(=O)C1CN[C@H]2CCN(c3cc(C(F)F)c(-c4ccc(C(F)(F)F)cc4O)nn3)[C@H]2C1. The van der Waals surface area contributed by atoms with Crippen LogP contribution in [0, 0.1) is 5.92 Å². The molecule has 2 fully saturated rings. The largest absolute Gasteiger partial charge is 0.507 e. The molecular formula is C21H21F5N4O2. The summed E-state index contributed by atoms with van der Waals surface area (Å²) in [7, 11) is 0. The second-order valence-electron chi connectivity index (χ2n) is 8.14. The number of phenols is 1. The Hall–Kier alpha value is -2.82. The van der Waals surface area contributed by atoms with Crippen molar-refractivity contribution in [1.82, 2.24) is 15.5 Å². The summed E-state index contributed by atoms with van der Waals surface area (Å²) in [5.74, 6) is -0.738. The first-order valence-electron chi connectivity index (χ1n) is 10.1. The average Bonchev–Trinajstić information content (AvgIpc) is 3.16. The van der Waals surface area contributed by atoms with Crippen molar-refractivity contribution < 1.29 is 31.9 Å². The Morgan fingerprint density at radius 2 is 2.00 bits per heavy atom. The van der Waals surface area contributed by atoms with Gasteiger partial charge in [-0.15, -0.1) is 10.2 Å². The topological polar surface area (TPSA) is 78.4 Å². The number of anilines is 1. The van der Waals surface area contributed by atoms with Gasteiger partial charge in [0, 0.05) is 42.2 Å². The molecule has 1 aromatic carbocycles. The second kappa shape index (κ2) is 8.27. The van der Waals surface area contributed by atoms with Crippen molar-refractivity contribution in [2.45, 2.75) is 44.5 Å². The van der Waals surface area contributed by atoms with Crippen molar-refractivity contribution in [2.75, 3.05) is 18.0 Å². The van der Waals surface area contributed by atoms with Crippen molar-refractivity contribution >= 4 is 11.6 Å². The molecule has 2 aliphatic rings. The third kappa shape index (κ3) is 4.13. The molecule has 4 rings (SSSR count). The van der Waals surface area contributed by atoms with E-state index in [4.69, 9.17) is 0 Å². The molecule has 2 aliphatic heterocycles. The normalized spacial score (nSPS) is 23.5.